The average molecular weight is 620 g/mol. The van der Waals surface area contributed by atoms with E-state index in [2.05, 4.69) is 50.8 Å². The summed E-state index contributed by atoms with van der Waals surface area (Å²) in [5.74, 6) is 0. The van der Waals surface area contributed by atoms with Crippen LogP contribution in [0.25, 0.3) is 49.4 Å². The van der Waals surface area contributed by atoms with Crippen LogP contribution in [0.4, 0.5) is 0 Å². The predicted molar refractivity (Wildman–Crippen MR) is 183 cm³/mol. The number of hydrogen-bond donors (Lipinski definition) is 0. The highest BCUT2D eigenvalue weighted by Crippen LogP contribution is 2.58. The fourth-order valence-corrected chi connectivity index (χ4v) is 7.45. The van der Waals surface area contributed by atoms with Gasteiger partial charge in [-0.1, -0.05) is 137 Å². The zero-order valence-corrected chi connectivity index (χ0v) is 24.4. The smallest absolute Gasteiger partial charge is 0.0734 e. The summed E-state index contributed by atoms with van der Waals surface area (Å²) >= 11 is 3.68. The molecular formula is C41H26BrN. The zero-order chi connectivity index (χ0) is 34.6. The molecule has 0 spiro atoms. The van der Waals surface area contributed by atoms with E-state index in [9.17, 15) is 4.11 Å². The average Bonchev–Trinajstić information content (AvgIpc) is 3.62. The Kier molecular flexibility index (Phi) is 4.02. The lowest BCUT2D eigenvalue weighted by atomic mass is 9.67. The molecule has 0 N–H and O–H groups in total. The molecule has 8 aromatic rings. The molecule has 0 bridgehead atoms. The molecule has 0 amide bonds. The first-order valence-corrected chi connectivity index (χ1v) is 15.0. The third-order valence-electron chi connectivity index (χ3n) is 8.75. The minimum Gasteiger partial charge on any atom is -0.309 e. The fourth-order valence-electron chi connectivity index (χ4n) is 7.09. The highest BCUT2D eigenvalue weighted by atomic mass is 79.9. The standard InChI is InChI=1S/C41H26BrN/c42-30-23-24-37-35(26-30)32-15-6-8-18-36(32)41(37,29-22-21-27-11-4-5-12-28(27)25-29)38-19-10-17-34-33-16-7-9-20-39(33)43(40(34)38)31-13-2-1-3-14-31/h1-26H/i4D,5D,11D,12D,21D,22D,25D. The molecule has 7 aromatic carbocycles. The third-order valence-corrected chi connectivity index (χ3v) is 9.24. The van der Waals surface area contributed by atoms with Gasteiger partial charge >= 0.3 is 0 Å². The highest BCUT2D eigenvalue weighted by Gasteiger charge is 2.47. The van der Waals surface area contributed by atoms with Crippen LogP contribution in [0, 0.1) is 0 Å². The van der Waals surface area contributed by atoms with Crippen molar-refractivity contribution in [2.24, 2.45) is 0 Å². The van der Waals surface area contributed by atoms with E-state index in [1.165, 1.54) is 0 Å². The molecule has 202 valence electrons. The van der Waals surface area contributed by atoms with Gasteiger partial charge < -0.3 is 4.57 Å². The topological polar surface area (TPSA) is 4.93 Å². The molecule has 1 heterocycles. The number of hydrogen-bond acceptors (Lipinski definition) is 0. The van der Waals surface area contributed by atoms with Crippen LogP contribution < -0.4 is 0 Å². The predicted octanol–water partition coefficient (Wildman–Crippen LogP) is 11.1. The molecule has 1 unspecified atom stereocenters. The van der Waals surface area contributed by atoms with Gasteiger partial charge in [0.2, 0.25) is 0 Å². The van der Waals surface area contributed by atoms with Crippen LogP contribution in [0.5, 0.6) is 0 Å². The molecule has 1 atom stereocenters. The van der Waals surface area contributed by atoms with E-state index in [4.69, 9.17) is 5.48 Å². The second-order valence-electron chi connectivity index (χ2n) is 10.9. The zero-order valence-electron chi connectivity index (χ0n) is 29.8. The number of aromatic nitrogens is 1. The molecular weight excluding hydrogens is 586 g/mol. The van der Waals surface area contributed by atoms with Crippen molar-refractivity contribution in [3.8, 4) is 16.8 Å². The van der Waals surface area contributed by atoms with Crippen molar-refractivity contribution in [2.45, 2.75) is 5.41 Å². The van der Waals surface area contributed by atoms with Gasteiger partial charge in [-0.2, -0.15) is 0 Å². The van der Waals surface area contributed by atoms with Crippen molar-refractivity contribution >= 4 is 48.5 Å². The summed E-state index contributed by atoms with van der Waals surface area (Å²) in [7, 11) is 0. The van der Waals surface area contributed by atoms with Crippen molar-refractivity contribution in [3.63, 3.8) is 0 Å². The molecule has 1 nitrogen and oxygen atoms in total. The lowest BCUT2D eigenvalue weighted by Gasteiger charge is -2.35. The normalized spacial score (nSPS) is 17.9. The summed E-state index contributed by atoms with van der Waals surface area (Å²) in [5, 5.41) is 1.84. The molecule has 0 radical (unpaired) electrons. The Morgan fingerprint density at radius 2 is 1.30 bits per heavy atom. The number of rotatable bonds is 3. The van der Waals surface area contributed by atoms with E-state index in [-0.39, 0.29) is 34.5 Å². The molecule has 43 heavy (non-hydrogen) atoms. The van der Waals surface area contributed by atoms with Gasteiger partial charge in [0.15, 0.2) is 0 Å². The van der Waals surface area contributed by atoms with Gasteiger partial charge in [-0.15, -0.1) is 0 Å². The molecule has 0 saturated heterocycles. The molecule has 1 aliphatic rings. The van der Waals surface area contributed by atoms with E-state index in [0.29, 0.717) is 0 Å². The van der Waals surface area contributed by atoms with Crippen molar-refractivity contribution < 1.29 is 9.60 Å². The maximum absolute atomic E-state index is 9.91. The maximum atomic E-state index is 9.91. The van der Waals surface area contributed by atoms with Crippen LogP contribution in [0.1, 0.15) is 31.8 Å². The van der Waals surface area contributed by atoms with Crippen molar-refractivity contribution in [2.75, 3.05) is 0 Å². The maximum Gasteiger partial charge on any atom is 0.0734 e. The summed E-state index contributed by atoms with van der Waals surface area (Å²) in [6.45, 7) is 0. The molecule has 0 aliphatic heterocycles. The van der Waals surface area contributed by atoms with Gasteiger partial charge in [0.1, 0.15) is 0 Å². The van der Waals surface area contributed by atoms with Crippen LogP contribution in [0.15, 0.2) is 162 Å². The monoisotopic (exact) mass is 618 g/mol. The van der Waals surface area contributed by atoms with Crippen LogP contribution in [0.3, 0.4) is 0 Å². The van der Waals surface area contributed by atoms with E-state index in [0.717, 1.165) is 59.8 Å². The SMILES string of the molecule is [2H]c1c([2H])c([2H])c2c([2H])c(C3(c4cccc5c6ccccc6n(-c6ccccc6)c45)c4ccccc4-c4cc(Br)ccc43)c([2H])c([2H])c2c1[2H]. The van der Waals surface area contributed by atoms with Crippen molar-refractivity contribution in [3.05, 3.63) is 184 Å². The fraction of sp³-hybridized carbons (Fsp3) is 0.0244. The van der Waals surface area contributed by atoms with Crippen molar-refractivity contribution in [1.82, 2.24) is 4.57 Å². The Hall–Kier alpha value is -4.92. The van der Waals surface area contributed by atoms with Gasteiger partial charge in [0.25, 0.3) is 0 Å². The van der Waals surface area contributed by atoms with E-state index in [1.54, 1.807) is 0 Å². The Morgan fingerprint density at radius 1 is 0.581 bits per heavy atom. The van der Waals surface area contributed by atoms with Gasteiger partial charge in [0.05, 0.1) is 26.0 Å². The number of fused-ring (bicyclic) bond motifs is 7. The van der Waals surface area contributed by atoms with E-state index >= 15 is 0 Å². The van der Waals surface area contributed by atoms with Crippen LogP contribution in [0.2, 0.25) is 0 Å². The molecule has 0 fully saturated rings. The first kappa shape index (κ1) is 18.6. The molecule has 2 heteroatoms. The number of para-hydroxylation sites is 3. The Balaban J connectivity index is 1.59. The van der Waals surface area contributed by atoms with Gasteiger partial charge in [-0.3, -0.25) is 0 Å². The minimum absolute atomic E-state index is 0.0646. The third kappa shape index (κ3) is 3.39. The van der Waals surface area contributed by atoms with Crippen LogP contribution in [-0.2, 0) is 5.41 Å². The Labute approximate surface area is 268 Å². The van der Waals surface area contributed by atoms with Gasteiger partial charge in [-0.05, 0) is 80.5 Å². The highest BCUT2D eigenvalue weighted by molar-refractivity contribution is 9.10. The summed E-state index contributed by atoms with van der Waals surface area (Å²) < 4.78 is 66.7. The Morgan fingerprint density at radius 3 is 2.21 bits per heavy atom. The first-order valence-electron chi connectivity index (χ1n) is 17.7. The lowest BCUT2D eigenvalue weighted by Crippen LogP contribution is -2.29. The minimum atomic E-state index is -1.33. The van der Waals surface area contributed by atoms with E-state index in [1.807, 2.05) is 84.9 Å². The molecule has 0 saturated carbocycles. The van der Waals surface area contributed by atoms with Crippen LogP contribution in [-0.4, -0.2) is 4.57 Å². The first-order chi connectivity index (χ1) is 24.2. The molecule has 1 aromatic heterocycles. The summed E-state index contributed by atoms with van der Waals surface area (Å²) in [6.07, 6.45) is 0. The second kappa shape index (κ2) is 9.29. The second-order valence-corrected chi connectivity index (χ2v) is 11.8. The van der Waals surface area contributed by atoms with Gasteiger partial charge in [-0.25, -0.2) is 0 Å². The van der Waals surface area contributed by atoms with Crippen molar-refractivity contribution in [1.29, 1.82) is 0 Å². The summed E-state index contributed by atoms with van der Waals surface area (Å²) in [5.41, 5.74) is 5.95. The molecule has 9 rings (SSSR count). The van der Waals surface area contributed by atoms with Crippen LogP contribution >= 0.6 is 15.9 Å². The van der Waals surface area contributed by atoms with E-state index < -0.39 is 29.6 Å². The number of halogens is 1. The van der Waals surface area contributed by atoms with Gasteiger partial charge in [0, 0.05) is 20.9 Å². The lowest BCUT2D eigenvalue weighted by molar-refractivity contribution is 0.773. The summed E-state index contributed by atoms with van der Waals surface area (Å²) in [4.78, 5) is 0. The number of nitrogens with zero attached hydrogens (tertiary/aromatic N) is 1. The number of benzene rings is 7. The molecule has 1 aliphatic carbocycles. The summed E-state index contributed by atoms with van der Waals surface area (Å²) in [6, 6.07) is 35.9. The quantitative estimate of drug-likeness (QED) is 0.185. The Bertz CT molecular complexity index is 2760. The largest absolute Gasteiger partial charge is 0.309 e.